The van der Waals surface area contributed by atoms with Crippen LogP contribution in [0.25, 0.3) is 0 Å². The minimum atomic E-state index is -0.411. The van der Waals surface area contributed by atoms with Crippen LogP contribution in [0.2, 0.25) is 0 Å². The van der Waals surface area contributed by atoms with Crippen molar-refractivity contribution < 1.29 is 4.79 Å². The molecule has 1 unspecified atom stereocenters. The fourth-order valence-electron chi connectivity index (χ4n) is 2.10. The summed E-state index contributed by atoms with van der Waals surface area (Å²) in [6, 6.07) is 7.89. The van der Waals surface area contributed by atoms with Gasteiger partial charge >= 0.3 is 0 Å². The van der Waals surface area contributed by atoms with E-state index >= 15 is 0 Å². The zero-order chi connectivity index (χ0) is 12.3. The van der Waals surface area contributed by atoms with Crippen LogP contribution in [0.1, 0.15) is 19.8 Å². The van der Waals surface area contributed by atoms with Gasteiger partial charge in [-0.15, -0.1) is 11.8 Å². The number of benzene rings is 1. The van der Waals surface area contributed by atoms with Crippen molar-refractivity contribution in [2.24, 2.45) is 0 Å². The van der Waals surface area contributed by atoms with Crippen LogP contribution in [-0.4, -0.2) is 24.2 Å². The van der Waals surface area contributed by atoms with E-state index in [-0.39, 0.29) is 5.91 Å². The van der Waals surface area contributed by atoms with Crippen LogP contribution in [-0.2, 0) is 4.79 Å². The van der Waals surface area contributed by atoms with Gasteiger partial charge in [0.1, 0.15) is 0 Å². The van der Waals surface area contributed by atoms with Gasteiger partial charge in [-0.05, 0) is 44.7 Å². The van der Waals surface area contributed by atoms with Gasteiger partial charge in [0.15, 0.2) is 0 Å². The molecule has 2 rings (SSSR count). The summed E-state index contributed by atoms with van der Waals surface area (Å²) in [5, 5.41) is 6.29. The molecular formula is C13H18N2OS. The number of carbonyl (C=O) groups excluding carboxylic acids is 1. The highest BCUT2D eigenvalue weighted by Gasteiger charge is 2.35. The second-order valence-electron chi connectivity index (χ2n) is 4.52. The van der Waals surface area contributed by atoms with Crippen LogP contribution in [0.15, 0.2) is 29.2 Å². The molecule has 4 heteroatoms. The maximum absolute atomic E-state index is 12.2. The molecule has 1 aromatic rings. The number of nitrogens with one attached hydrogen (secondary N) is 2. The van der Waals surface area contributed by atoms with Gasteiger partial charge in [0.05, 0.1) is 11.2 Å². The highest BCUT2D eigenvalue weighted by Crippen LogP contribution is 2.27. The van der Waals surface area contributed by atoms with Crippen LogP contribution in [0.3, 0.4) is 0 Å². The van der Waals surface area contributed by atoms with E-state index in [0.717, 1.165) is 30.0 Å². The Balaban J connectivity index is 2.12. The summed E-state index contributed by atoms with van der Waals surface area (Å²) in [4.78, 5) is 13.3. The third-order valence-corrected chi connectivity index (χ3v) is 4.02. The van der Waals surface area contributed by atoms with Crippen molar-refractivity contribution in [3.63, 3.8) is 0 Å². The standard InChI is InChI=1S/C13H18N2OS/c1-13(8-5-9-14-13)12(16)15-10-6-3-4-7-11(10)17-2/h3-4,6-7,14H,5,8-9H2,1-2H3,(H,15,16). The molecule has 1 aliphatic rings. The predicted octanol–water partition coefficient (Wildman–Crippen LogP) is 2.49. The first-order valence-electron chi connectivity index (χ1n) is 5.85. The molecule has 0 radical (unpaired) electrons. The van der Waals surface area contributed by atoms with Gasteiger partial charge in [-0.2, -0.15) is 0 Å². The highest BCUT2D eigenvalue weighted by molar-refractivity contribution is 7.98. The lowest BCUT2D eigenvalue weighted by Gasteiger charge is -2.23. The molecule has 92 valence electrons. The molecule has 17 heavy (non-hydrogen) atoms. The predicted molar refractivity (Wildman–Crippen MR) is 72.5 cm³/mol. The highest BCUT2D eigenvalue weighted by atomic mass is 32.2. The Labute approximate surface area is 106 Å². The average Bonchev–Trinajstić information content (AvgIpc) is 2.78. The minimum Gasteiger partial charge on any atom is -0.323 e. The number of hydrogen-bond donors (Lipinski definition) is 2. The Morgan fingerprint density at radius 1 is 1.47 bits per heavy atom. The van der Waals surface area contributed by atoms with Crippen molar-refractivity contribution >= 4 is 23.4 Å². The van der Waals surface area contributed by atoms with Crippen LogP contribution in [0, 0.1) is 0 Å². The van der Waals surface area contributed by atoms with Gasteiger partial charge in [0, 0.05) is 4.90 Å². The maximum Gasteiger partial charge on any atom is 0.244 e. The van der Waals surface area contributed by atoms with Gasteiger partial charge in [-0.3, -0.25) is 4.79 Å². The van der Waals surface area contributed by atoms with Crippen LogP contribution in [0.5, 0.6) is 0 Å². The molecule has 3 nitrogen and oxygen atoms in total. The first-order valence-corrected chi connectivity index (χ1v) is 7.08. The van der Waals surface area contributed by atoms with E-state index in [1.54, 1.807) is 11.8 Å². The lowest BCUT2D eigenvalue weighted by Crippen LogP contribution is -2.48. The molecule has 2 N–H and O–H groups in total. The van der Waals surface area contributed by atoms with E-state index in [2.05, 4.69) is 10.6 Å². The molecule has 1 saturated heterocycles. The van der Waals surface area contributed by atoms with Crippen molar-refractivity contribution in [2.75, 3.05) is 18.1 Å². The van der Waals surface area contributed by atoms with E-state index in [1.807, 2.05) is 37.4 Å². The van der Waals surface area contributed by atoms with Gasteiger partial charge in [0.25, 0.3) is 0 Å². The summed E-state index contributed by atoms with van der Waals surface area (Å²) in [6.45, 7) is 2.89. The third kappa shape index (κ3) is 2.64. The van der Waals surface area contributed by atoms with Crippen molar-refractivity contribution in [1.29, 1.82) is 0 Å². The quantitative estimate of drug-likeness (QED) is 0.810. The van der Waals surface area contributed by atoms with Crippen molar-refractivity contribution in [1.82, 2.24) is 5.32 Å². The number of anilines is 1. The monoisotopic (exact) mass is 250 g/mol. The Kier molecular flexibility index (Phi) is 3.74. The molecule has 1 amide bonds. The van der Waals surface area contributed by atoms with Crippen LogP contribution < -0.4 is 10.6 Å². The Hall–Kier alpha value is -1.00. The number of amides is 1. The van der Waals surface area contributed by atoms with Crippen molar-refractivity contribution in [2.45, 2.75) is 30.2 Å². The Morgan fingerprint density at radius 3 is 2.88 bits per heavy atom. The normalized spacial score (nSPS) is 23.6. The van der Waals surface area contributed by atoms with E-state index in [9.17, 15) is 4.79 Å². The zero-order valence-electron chi connectivity index (χ0n) is 10.2. The SMILES string of the molecule is CSc1ccccc1NC(=O)C1(C)CCCN1. The Morgan fingerprint density at radius 2 is 2.24 bits per heavy atom. The molecule has 1 heterocycles. The summed E-state index contributed by atoms with van der Waals surface area (Å²) < 4.78 is 0. The summed E-state index contributed by atoms with van der Waals surface area (Å²) >= 11 is 1.64. The average molecular weight is 250 g/mol. The molecule has 0 spiro atoms. The van der Waals surface area contributed by atoms with E-state index in [0.29, 0.717) is 0 Å². The molecule has 1 aromatic carbocycles. The Bertz CT molecular complexity index is 414. The molecule has 1 aliphatic heterocycles. The van der Waals surface area contributed by atoms with Gasteiger partial charge < -0.3 is 10.6 Å². The number of rotatable bonds is 3. The van der Waals surface area contributed by atoms with Crippen molar-refractivity contribution in [3.8, 4) is 0 Å². The van der Waals surface area contributed by atoms with E-state index in [1.165, 1.54) is 0 Å². The number of para-hydroxylation sites is 1. The second-order valence-corrected chi connectivity index (χ2v) is 5.36. The fraction of sp³-hybridized carbons (Fsp3) is 0.462. The van der Waals surface area contributed by atoms with Crippen LogP contribution in [0.4, 0.5) is 5.69 Å². The second kappa shape index (κ2) is 5.10. The van der Waals surface area contributed by atoms with Gasteiger partial charge in [-0.1, -0.05) is 12.1 Å². The smallest absolute Gasteiger partial charge is 0.244 e. The zero-order valence-corrected chi connectivity index (χ0v) is 11.1. The van der Waals surface area contributed by atoms with E-state index < -0.39 is 5.54 Å². The number of carbonyl (C=O) groups is 1. The summed E-state index contributed by atoms with van der Waals surface area (Å²) in [7, 11) is 0. The first-order chi connectivity index (χ1) is 8.15. The molecule has 0 aliphatic carbocycles. The molecule has 1 fully saturated rings. The number of hydrogen-bond acceptors (Lipinski definition) is 3. The van der Waals surface area contributed by atoms with Gasteiger partial charge in [-0.25, -0.2) is 0 Å². The summed E-state index contributed by atoms with van der Waals surface area (Å²) in [5.74, 6) is 0.0662. The molecule has 1 atom stereocenters. The number of thioether (sulfide) groups is 1. The molecule has 0 bridgehead atoms. The molecule has 0 aromatic heterocycles. The molecule has 0 saturated carbocycles. The topological polar surface area (TPSA) is 41.1 Å². The largest absolute Gasteiger partial charge is 0.323 e. The fourth-order valence-corrected chi connectivity index (χ4v) is 2.65. The third-order valence-electron chi connectivity index (χ3n) is 3.23. The lowest BCUT2D eigenvalue weighted by atomic mass is 9.99. The lowest BCUT2D eigenvalue weighted by molar-refractivity contribution is -0.121. The van der Waals surface area contributed by atoms with E-state index in [4.69, 9.17) is 0 Å². The van der Waals surface area contributed by atoms with Crippen LogP contribution >= 0.6 is 11.8 Å². The molecular weight excluding hydrogens is 232 g/mol. The summed E-state index contributed by atoms with van der Waals surface area (Å²) in [5.41, 5.74) is 0.492. The minimum absolute atomic E-state index is 0.0662. The van der Waals surface area contributed by atoms with Crippen molar-refractivity contribution in [3.05, 3.63) is 24.3 Å². The summed E-state index contributed by atoms with van der Waals surface area (Å²) in [6.07, 6.45) is 3.98. The van der Waals surface area contributed by atoms with Gasteiger partial charge in [0.2, 0.25) is 5.91 Å². The first kappa shape index (κ1) is 12.5. The maximum atomic E-state index is 12.2.